The van der Waals surface area contributed by atoms with Crippen molar-refractivity contribution in [3.8, 4) is 5.75 Å². The first-order chi connectivity index (χ1) is 7.08. The van der Waals surface area contributed by atoms with Crippen LogP contribution < -0.4 is 16.2 Å². The van der Waals surface area contributed by atoms with Gasteiger partial charge in [0.25, 0.3) is 0 Å². The number of hydrogen-bond acceptors (Lipinski definition) is 5. The molecule has 5 nitrogen and oxygen atoms in total. The van der Waals surface area contributed by atoms with Gasteiger partial charge in [-0.15, -0.1) is 0 Å². The minimum absolute atomic E-state index is 0.148. The molecule has 0 aliphatic carbocycles. The first-order valence-corrected chi connectivity index (χ1v) is 4.37. The lowest BCUT2D eigenvalue weighted by molar-refractivity contribution is -0.139. The minimum Gasteiger partial charge on any atom is -0.492 e. The van der Waals surface area contributed by atoms with E-state index in [1.54, 1.807) is 12.1 Å². The molecule has 0 radical (unpaired) electrons. The number of esters is 1. The van der Waals surface area contributed by atoms with Crippen LogP contribution in [0.4, 0.5) is 11.4 Å². The van der Waals surface area contributed by atoms with Crippen molar-refractivity contribution >= 4 is 17.3 Å². The SMILES string of the molecule is COC(=O)Cc1cc(N)c(OC)c(N)c1. The monoisotopic (exact) mass is 210 g/mol. The van der Waals surface area contributed by atoms with Crippen LogP contribution in [0, 0.1) is 0 Å². The number of benzene rings is 1. The molecule has 0 aromatic heterocycles. The zero-order chi connectivity index (χ0) is 11.4. The minimum atomic E-state index is -0.334. The molecule has 1 aromatic carbocycles. The Bertz CT molecular complexity index is 354. The van der Waals surface area contributed by atoms with E-state index in [1.165, 1.54) is 14.2 Å². The van der Waals surface area contributed by atoms with E-state index in [9.17, 15) is 4.79 Å². The van der Waals surface area contributed by atoms with Gasteiger partial charge in [-0.25, -0.2) is 0 Å². The molecule has 0 aliphatic rings. The number of nitrogen functional groups attached to an aromatic ring is 2. The molecular weight excluding hydrogens is 196 g/mol. The highest BCUT2D eigenvalue weighted by Crippen LogP contribution is 2.30. The van der Waals surface area contributed by atoms with Gasteiger partial charge < -0.3 is 20.9 Å². The summed E-state index contributed by atoms with van der Waals surface area (Å²) in [6.07, 6.45) is 0.148. The highest BCUT2D eigenvalue weighted by atomic mass is 16.5. The zero-order valence-corrected chi connectivity index (χ0v) is 8.74. The van der Waals surface area contributed by atoms with Crippen molar-refractivity contribution < 1.29 is 14.3 Å². The van der Waals surface area contributed by atoms with Gasteiger partial charge in [0.05, 0.1) is 32.0 Å². The van der Waals surface area contributed by atoms with Gasteiger partial charge in [0, 0.05) is 0 Å². The Morgan fingerprint density at radius 2 is 1.80 bits per heavy atom. The molecule has 0 saturated heterocycles. The maximum Gasteiger partial charge on any atom is 0.309 e. The van der Waals surface area contributed by atoms with Crippen LogP contribution in [0.25, 0.3) is 0 Å². The predicted octanol–water partition coefficient (Wildman–Crippen LogP) is 0.575. The lowest BCUT2D eigenvalue weighted by Crippen LogP contribution is -2.06. The average molecular weight is 210 g/mol. The third-order valence-electron chi connectivity index (χ3n) is 1.99. The van der Waals surface area contributed by atoms with Crippen LogP contribution in [0.15, 0.2) is 12.1 Å². The van der Waals surface area contributed by atoms with E-state index in [2.05, 4.69) is 4.74 Å². The summed E-state index contributed by atoms with van der Waals surface area (Å²) in [6, 6.07) is 3.29. The van der Waals surface area contributed by atoms with Gasteiger partial charge in [-0.3, -0.25) is 4.79 Å². The Morgan fingerprint density at radius 1 is 1.27 bits per heavy atom. The molecule has 0 heterocycles. The van der Waals surface area contributed by atoms with E-state index in [0.717, 1.165) is 0 Å². The van der Waals surface area contributed by atoms with Crippen molar-refractivity contribution in [3.63, 3.8) is 0 Å². The van der Waals surface area contributed by atoms with Crippen molar-refractivity contribution in [1.82, 2.24) is 0 Å². The summed E-state index contributed by atoms with van der Waals surface area (Å²) in [5, 5.41) is 0. The van der Waals surface area contributed by atoms with Crippen LogP contribution >= 0.6 is 0 Å². The van der Waals surface area contributed by atoms with Crippen molar-refractivity contribution in [1.29, 1.82) is 0 Å². The molecule has 0 saturated carbocycles. The highest BCUT2D eigenvalue weighted by Gasteiger charge is 2.09. The van der Waals surface area contributed by atoms with Gasteiger partial charge in [-0.05, 0) is 17.7 Å². The second-order valence-corrected chi connectivity index (χ2v) is 3.06. The van der Waals surface area contributed by atoms with E-state index in [1.807, 2.05) is 0 Å². The summed E-state index contributed by atoms with van der Waals surface area (Å²) in [5.41, 5.74) is 12.9. The zero-order valence-electron chi connectivity index (χ0n) is 8.74. The number of methoxy groups -OCH3 is 2. The van der Waals surface area contributed by atoms with Gasteiger partial charge in [-0.2, -0.15) is 0 Å². The Morgan fingerprint density at radius 3 is 2.20 bits per heavy atom. The second kappa shape index (κ2) is 4.54. The summed E-state index contributed by atoms with van der Waals surface area (Å²) in [7, 11) is 2.82. The third kappa shape index (κ3) is 2.52. The summed E-state index contributed by atoms with van der Waals surface area (Å²) < 4.78 is 9.53. The van der Waals surface area contributed by atoms with E-state index in [0.29, 0.717) is 22.7 Å². The number of carbonyl (C=O) groups is 1. The first-order valence-electron chi connectivity index (χ1n) is 4.37. The molecule has 15 heavy (non-hydrogen) atoms. The van der Waals surface area contributed by atoms with E-state index < -0.39 is 0 Å². The second-order valence-electron chi connectivity index (χ2n) is 3.06. The Hall–Kier alpha value is -1.91. The number of nitrogens with two attached hydrogens (primary N) is 2. The maximum absolute atomic E-state index is 11.0. The summed E-state index contributed by atoms with van der Waals surface area (Å²) in [5.74, 6) is 0.0996. The van der Waals surface area contributed by atoms with Crippen LogP contribution in [-0.4, -0.2) is 20.2 Å². The normalized spacial score (nSPS) is 9.73. The van der Waals surface area contributed by atoms with Crippen molar-refractivity contribution in [2.45, 2.75) is 6.42 Å². The van der Waals surface area contributed by atoms with Gasteiger partial charge in [0.2, 0.25) is 0 Å². The third-order valence-corrected chi connectivity index (χ3v) is 1.99. The molecular formula is C10H14N2O3. The topological polar surface area (TPSA) is 87.6 Å². The van der Waals surface area contributed by atoms with Crippen LogP contribution in [0.3, 0.4) is 0 Å². The van der Waals surface area contributed by atoms with Crippen molar-refractivity contribution in [2.24, 2.45) is 0 Å². The first kappa shape index (κ1) is 11.2. The van der Waals surface area contributed by atoms with Crippen LogP contribution in [-0.2, 0) is 16.0 Å². The molecule has 1 rings (SSSR count). The maximum atomic E-state index is 11.0. The number of carbonyl (C=O) groups excluding carboxylic acids is 1. The van der Waals surface area contributed by atoms with Crippen LogP contribution in [0.5, 0.6) is 5.75 Å². The fourth-order valence-corrected chi connectivity index (χ4v) is 1.32. The number of rotatable bonds is 3. The smallest absolute Gasteiger partial charge is 0.309 e. The largest absolute Gasteiger partial charge is 0.492 e. The predicted molar refractivity (Wildman–Crippen MR) is 57.5 cm³/mol. The molecule has 82 valence electrons. The standard InChI is InChI=1S/C10H14N2O3/c1-14-9(13)5-6-3-7(11)10(15-2)8(12)4-6/h3-4H,5,11-12H2,1-2H3. The molecule has 0 bridgehead atoms. The Labute approximate surface area is 88.0 Å². The van der Waals surface area contributed by atoms with E-state index in [4.69, 9.17) is 16.2 Å². The average Bonchev–Trinajstić information content (AvgIpc) is 2.17. The molecule has 0 unspecified atom stereocenters. The summed E-state index contributed by atoms with van der Waals surface area (Å²) in [4.78, 5) is 11.0. The van der Waals surface area contributed by atoms with Crippen molar-refractivity contribution in [2.75, 3.05) is 25.7 Å². The summed E-state index contributed by atoms with van der Waals surface area (Å²) >= 11 is 0. The number of hydrogen-bond donors (Lipinski definition) is 2. The fourth-order valence-electron chi connectivity index (χ4n) is 1.32. The fraction of sp³-hybridized carbons (Fsp3) is 0.300. The Kier molecular flexibility index (Phi) is 3.38. The van der Waals surface area contributed by atoms with Gasteiger partial charge in [-0.1, -0.05) is 0 Å². The highest BCUT2D eigenvalue weighted by molar-refractivity contribution is 5.76. The lowest BCUT2D eigenvalue weighted by atomic mass is 10.1. The molecule has 0 atom stereocenters. The van der Waals surface area contributed by atoms with Gasteiger partial charge in [0.1, 0.15) is 0 Å². The Balaban J connectivity index is 2.98. The van der Waals surface area contributed by atoms with Gasteiger partial charge >= 0.3 is 5.97 Å². The molecule has 1 aromatic rings. The number of anilines is 2. The van der Waals surface area contributed by atoms with Crippen molar-refractivity contribution in [3.05, 3.63) is 17.7 Å². The molecule has 0 fully saturated rings. The number of ether oxygens (including phenoxy) is 2. The van der Waals surface area contributed by atoms with Gasteiger partial charge in [0.15, 0.2) is 5.75 Å². The lowest BCUT2D eigenvalue weighted by Gasteiger charge is -2.09. The van der Waals surface area contributed by atoms with E-state index >= 15 is 0 Å². The van der Waals surface area contributed by atoms with Crippen LogP contribution in [0.2, 0.25) is 0 Å². The van der Waals surface area contributed by atoms with Crippen LogP contribution in [0.1, 0.15) is 5.56 Å². The molecule has 5 heteroatoms. The molecule has 0 spiro atoms. The quantitative estimate of drug-likeness (QED) is 0.562. The van der Waals surface area contributed by atoms with E-state index in [-0.39, 0.29) is 12.4 Å². The summed E-state index contributed by atoms with van der Waals surface area (Å²) in [6.45, 7) is 0. The molecule has 0 aliphatic heterocycles. The molecule has 0 amide bonds. The molecule has 4 N–H and O–H groups in total.